The van der Waals surface area contributed by atoms with E-state index in [-0.39, 0.29) is 23.6 Å². The van der Waals surface area contributed by atoms with Crippen molar-refractivity contribution in [3.05, 3.63) is 82.6 Å². The summed E-state index contributed by atoms with van der Waals surface area (Å²) in [4.78, 5) is 16.9. The SMILES string of the molecule is CCS(=O)(=O)N1CCC(C(CNC(=O)Nc2cc(Cl)cc(Cl)c2)c2ccc(-c3cccnc3)cc2)CC1. The average Bonchev–Trinajstić information content (AvgIpc) is 2.89. The Morgan fingerprint density at radius 3 is 2.32 bits per heavy atom. The molecule has 196 valence electrons. The largest absolute Gasteiger partial charge is 0.337 e. The summed E-state index contributed by atoms with van der Waals surface area (Å²) >= 11 is 12.1. The van der Waals surface area contributed by atoms with Crippen LogP contribution in [0, 0.1) is 5.92 Å². The third kappa shape index (κ3) is 7.23. The highest BCUT2D eigenvalue weighted by atomic mass is 35.5. The number of aromatic nitrogens is 1. The Morgan fingerprint density at radius 2 is 1.73 bits per heavy atom. The molecule has 1 atom stereocenters. The molecule has 10 heteroatoms. The molecule has 1 aliphatic rings. The van der Waals surface area contributed by atoms with E-state index in [1.54, 1.807) is 35.6 Å². The minimum Gasteiger partial charge on any atom is -0.337 e. The van der Waals surface area contributed by atoms with Gasteiger partial charge in [0.25, 0.3) is 0 Å². The summed E-state index contributed by atoms with van der Waals surface area (Å²) in [6.07, 6.45) is 5.01. The predicted molar refractivity (Wildman–Crippen MR) is 150 cm³/mol. The monoisotopic (exact) mass is 560 g/mol. The van der Waals surface area contributed by atoms with Crippen LogP contribution in [-0.2, 0) is 10.0 Å². The number of rotatable bonds is 8. The fourth-order valence-corrected chi connectivity index (χ4v) is 6.41. The van der Waals surface area contributed by atoms with Gasteiger partial charge in [0.15, 0.2) is 0 Å². The third-order valence-corrected chi connectivity index (χ3v) is 9.08. The molecule has 0 saturated carbocycles. The molecule has 1 aliphatic heterocycles. The molecule has 7 nitrogen and oxygen atoms in total. The van der Waals surface area contributed by atoms with Crippen molar-refractivity contribution in [1.82, 2.24) is 14.6 Å². The number of nitrogens with zero attached hydrogens (tertiary/aromatic N) is 2. The minimum atomic E-state index is -3.21. The zero-order valence-corrected chi connectivity index (χ0v) is 22.9. The number of sulfonamides is 1. The van der Waals surface area contributed by atoms with Crippen LogP contribution in [0.5, 0.6) is 0 Å². The maximum Gasteiger partial charge on any atom is 0.319 e. The molecule has 1 aromatic heterocycles. The van der Waals surface area contributed by atoms with E-state index in [1.807, 2.05) is 18.3 Å². The van der Waals surface area contributed by atoms with Crippen LogP contribution in [0.25, 0.3) is 11.1 Å². The predicted octanol–water partition coefficient (Wildman–Crippen LogP) is 6.02. The van der Waals surface area contributed by atoms with Gasteiger partial charge in [-0.15, -0.1) is 0 Å². The van der Waals surface area contributed by atoms with Gasteiger partial charge in [-0.1, -0.05) is 53.5 Å². The van der Waals surface area contributed by atoms with Crippen LogP contribution in [0.1, 0.15) is 31.2 Å². The van der Waals surface area contributed by atoms with Crippen molar-refractivity contribution < 1.29 is 13.2 Å². The summed E-state index contributed by atoms with van der Waals surface area (Å²) in [5.74, 6) is 0.336. The maximum absolute atomic E-state index is 12.7. The van der Waals surface area contributed by atoms with Crippen LogP contribution >= 0.6 is 23.2 Å². The minimum absolute atomic E-state index is 0.0168. The highest BCUT2D eigenvalue weighted by molar-refractivity contribution is 7.89. The first-order chi connectivity index (χ1) is 17.7. The summed E-state index contributed by atoms with van der Waals surface area (Å²) in [5, 5.41) is 6.64. The van der Waals surface area contributed by atoms with Gasteiger partial charge in [0, 0.05) is 53.7 Å². The smallest absolute Gasteiger partial charge is 0.319 e. The highest BCUT2D eigenvalue weighted by Crippen LogP contribution is 2.34. The van der Waals surface area contributed by atoms with Crippen molar-refractivity contribution in [2.45, 2.75) is 25.7 Å². The van der Waals surface area contributed by atoms with E-state index >= 15 is 0 Å². The van der Waals surface area contributed by atoms with Gasteiger partial charge in [-0.3, -0.25) is 4.98 Å². The number of piperidine rings is 1. The number of halogens is 2. The van der Waals surface area contributed by atoms with Gasteiger partial charge in [0.2, 0.25) is 10.0 Å². The number of carbonyl (C=O) groups excluding carboxylic acids is 1. The number of nitrogens with one attached hydrogen (secondary N) is 2. The Hall–Kier alpha value is -2.65. The van der Waals surface area contributed by atoms with E-state index in [1.165, 1.54) is 0 Å². The van der Waals surface area contributed by atoms with Crippen LogP contribution in [0.4, 0.5) is 10.5 Å². The standard InChI is InChI=1S/C27H30Cl2N4O3S/c1-2-37(35,36)33-12-9-21(10-13-33)26(18-31-27(34)32-25-15-23(28)14-24(29)16-25)20-7-5-19(6-8-20)22-4-3-11-30-17-22/h3-8,11,14-17,21,26H,2,9-10,12-13,18H2,1H3,(H2,31,32,34). The third-order valence-electron chi connectivity index (χ3n) is 6.76. The number of hydrogen-bond donors (Lipinski definition) is 2. The summed E-state index contributed by atoms with van der Waals surface area (Å²) in [7, 11) is -3.21. The van der Waals surface area contributed by atoms with Crippen molar-refractivity contribution in [2.75, 3.05) is 30.7 Å². The van der Waals surface area contributed by atoms with E-state index in [4.69, 9.17) is 23.2 Å². The summed E-state index contributed by atoms with van der Waals surface area (Å²) in [6, 6.07) is 16.7. The van der Waals surface area contributed by atoms with E-state index in [0.29, 0.717) is 35.4 Å². The zero-order chi connectivity index (χ0) is 26.4. The van der Waals surface area contributed by atoms with Crippen molar-refractivity contribution in [3.8, 4) is 11.1 Å². The Morgan fingerprint density at radius 1 is 1.05 bits per heavy atom. The lowest BCUT2D eigenvalue weighted by molar-refractivity contribution is 0.233. The number of pyridine rings is 1. The molecule has 0 spiro atoms. The molecule has 37 heavy (non-hydrogen) atoms. The molecule has 3 aromatic rings. The Kier molecular flexibility index (Phi) is 9.08. The van der Waals surface area contributed by atoms with Crippen molar-refractivity contribution in [1.29, 1.82) is 0 Å². The van der Waals surface area contributed by atoms with Crippen LogP contribution in [0.3, 0.4) is 0 Å². The van der Waals surface area contributed by atoms with Crippen molar-refractivity contribution in [2.24, 2.45) is 5.92 Å². The van der Waals surface area contributed by atoms with Crippen LogP contribution in [0.2, 0.25) is 10.0 Å². The lowest BCUT2D eigenvalue weighted by Crippen LogP contribution is -2.42. The van der Waals surface area contributed by atoms with Crippen molar-refractivity contribution >= 4 is 44.9 Å². The number of anilines is 1. The first kappa shape index (κ1) is 27.4. The molecule has 1 fully saturated rings. The lowest BCUT2D eigenvalue weighted by Gasteiger charge is -2.35. The van der Waals surface area contributed by atoms with Gasteiger partial charge >= 0.3 is 6.03 Å². The van der Waals surface area contributed by atoms with Gasteiger partial charge < -0.3 is 10.6 Å². The Labute approximate surface area is 228 Å². The number of amides is 2. The molecule has 1 unspecified atom stereocenters. The van der Waals surface area contributed by atoms with Gasteiger partial charge in [-0.25, -0.2) is 17.5 Å². The second-order valence-corrected chi connectivity index (χ2v) is 12.2. The van der Waals surface area contributed by atoms with Gasteiger partial charge in [0.1, 0.15) is 0 Å². The second-order valence-electron chi connectivity index (χ2n) is 9.10. The van der Waals surface area contributed by atoms with E-state index in [9.17, 15) is 13.2 Å². The fourth-order valence-electron chi connectivity index (χ4n) is 4.76. The fraction of sp³-hybridized carbons (Fsp3) is 0.333. The molecule has 0 aliphatic carbocycles. The molecule has 2 N–H and O–H groups in total. The van der Waals surface area contributed by atoms with Gasteiger partial charge in [-0.05, 0) is 66.6 Å². The Balaban J connectivity index is 1.49. The van der Waals surface area contributed by atoms with E-state index < -0.39 is 10.0 Å². The molecule has 2 amide bonds. The molecular formula is C27H30Cl2N4O3S. The molecule has 2 aromatic carbocycles. The van der Waals surface area contributed by atoms with Gasteiger partial charge in [-0.2, -0.15) is 0 Å². The van der Waals surface area contributed by atoms with Crippen LogP contribution < -0.4 is 10.6 Å². The zero-order valence-electron chi connectivity index (χ0n) is 20.5. The molecule has 2 heterocycles. The Bertz CT molecular complexity index is 1290. The highest BCUT2D eigenvalue weighted by Gasteiger charge is 2.32. The number of urea groups is 1. The maximum atomic E-state index is 12.7. The summed E-state index contributed by atoms with van der Waals surface area (Å²) in [5.41, 5.74) is 3.69. The van der Waals surface area contributed by atoms with E-state index in [0.717, 1.165) is 29.5 Å². The first-order valence-corrected chi connectivity index (χ1v) is 14.6. The first-order valence-electron chi connectivity index (χ1n) is 12.2. The second kappa shape index (κ2) is 12.3. The molecule has 0 radical (unpaired) electrons. The molecule has 0 bridgehead atoms. The van der Waals surface area contributed by atoms with Crippen LogP contribution in [0.15, 0.2) is 67.0 Å². The van der Waals surface area contributed by atoms with Crippen molar-refractivity contribution in [3.63, 3.8) is 0 Å². The van der Waals surface area contributed by atoms with Gasteiger partial charge in [0.05, 0.1) is 5.75 Å². The average molecular weight is 562 g/mol. The lowest BCUT2D eigenvalue weighted by atomic mass is 9.80. The van der Waals surface area contributed by atoms with Crippen LogP contribution in [-0.4, -0.2) is 49.1 Å². The van der Waals surface area contributed by atoms with E-state index in [2.05, 4.69) is 39.9 Å². The summed E-state index contributed by atoms with van der Waals surface area (Å²) in [6.45, 7) is 3.04. The summed E-state index contributed by atoms with van der Waals surface area (Å²) < 4.78 is 26.3. The quantitative estimate of drug-likeness (QED) is 0.352. The molecule has 4 rings (SSSR count). The number of carbonyl (C=O) groups is 1. The number of benzene rings is 2. The molecule has 1 saturated heterocycles. The normalized spacial score (nSPS) is 15.8. The topological polar surface area (TPSA) is 91.4 Å². The molecular weight excluding hydrogens is 531 g/mol. The number of hydrogen-bond acceptors (Lipinski definition) is 4.